The van der Waals surface area contributed by atoms with Crippen LogP contribution in [0.1, 0.15) is 29.0 Å². The van der Waals surface area contributed by atoms with Crippen molar-refractivity contribution in [1.29, 1.82) is 0 Å². The van der Waals surface area contributed by atoms with Crippen LogP contribution in [0.3, 0.4) is 0 Å². The van der Waals surface area contributed by atoms with Crippen molar-refractivity contribution >= 4 is 16.2 Å². The Morgan fingerprint density at radius 2 is 1.81 bits per heavy atom. The summed E-state index contributed by atoms with van der Waals surface area (Å²) in [5.74, 6) is 1.10. The Hall–Kier alpha value is -0.870. The summed E-state index contributed by atoms with van der Waals surface area (Å²) >= 11 is 1.83. The van der Waals surface area contributed by atoms with Crippen LogP contribution in [0.4, 0.5) is 0 Å². The molecule has 0 aromatic carbocycles. The molecule has 0 fully saturated rings. The molecule has 0 radical (unpaired) electrons. The number of fused-ring (bicyclic) bond motifs is 1. The minimum Gasteiger partial charge on any atom is -0.320 e. The Labute approximate surface area is 102 Å². The molecule has 3 nitrogen and oxygen atoms in total. The molecule has 2 heterocycles. The molecule has 0 bridgehead atoms. The van der Waals surface area contributed by atoms with E-state index < -0.39 is 0 Å². The van der Waals surface area contributed by atoms with Crippen LogP contribution < -0.4 is 5.32 Å². The molecule has 1 N–H and O–H groups in total. The van der Waals surface area contributed by atoms with E-state index >= 15 is 0 Å². The van der Waals surface area contributed by atoms with E-state index in [0.29, 0.717) is 0 Å². The maximum atomic E-state index is 4.43. The van der Waals surface area contributed by atoms with Gasteiger partial charge in [-0.15, -0.1) is 11.3 Å². The topological polar surface area (TPSA) is 29.3 Å². The average molecular weight is 239 g/mol. The fourth-order valence-corrected chi connectivity index (χ4v) is 2.62. The average Bonchev–Trinajstić information content (AvgIpc) is 2.69. The van der Waals surface area contributed by atoms with Crippen LogP contribution in [0.5, 0.6) is 0 Å². The molecular formula is C12H21N3S. The quantitative estimate of drug-likeness (QED) is 0.829. The number of imidazole rings is 1. The molecule has 2 rings (SSSR count). The molecule has 0 aliphatic heterocycles. The summed E-state index contributed by atoms with van der Waals surface area (Å²) in [6.45, 7) is 11.6. The molecule has 90 valence electrons. The Kier molecular flexibility index (Phi) is 4.50. The van der Waals surface area contributed by atoms with Gasteiger partial charge in [0.15, 0.2) is 0 Å². The molecule has 0 aliphatic carbocycles. The van der Waals surface area contributed by atoms with Gasteiger partial charge in [0, 0.05) is 10.6 Å². The van der Waals surface area contributed by atoms with E-state index in [9.17, 15) is 0 Å². The summed E-state index contributed by atoms with van der Waals surface area (Å²) in [5, 5.41) is 2.93. The highest BCUT2D eigenvalue weighted by atomic mass is 32.1. The number of nitrogens with zero attached hydrogens (tertiary/aromatic N) is 2. The van der Waals surface area contributed by atoms with E-state index in [1.165, 1.54) is 15.4 Å². The zero-order valence-corrected chi connectivity index (χ0v) is 11.8. The second-order valence-corrected chi connectivity index (χ2v) is 5.04. The van der Waals surface area contributed by atoms with E-state index in [-0.39, 0.29) is 0 Å². The highest BCUT2D eigenvalue weighted by Gasteiger charge is 2.10. The smallest absolute Gasteiger partial charge is 0.123 e. The van der Waals surface area contributed by atoms with Crippen LogP contribution in [0.15, 0.2) is 0 Å². The summed E-state index contributed by atoms with van der Waals surface area (Å²) in [7, 11) is 1.93. The van der Waals surface area contributed by atoms with Gasteiger partial charge in [-0.1, -0.05) is 6.92 Å². The van der Waals surface area contributed by atoms with Crippen molar-refractivity contribution in [3.05, 3.63) is 22.1 Å². The standard InChI is InChI=1S/C9H12N2S.C3H9N/c1-5-9-11(8(4)10-5)6(2)7(3)12-9;1-3-4-2/h1-4H3;4H,3H2,1-2H3. The van der Waals surface area contributed by atoms with Crippen LogP contribution in [0.2, 0.25) is 0 Å². The Morgan fingerprint density at radius 3 is 2.25 bits per heavy atom. The fraction of sp³-hybridized carbons (Fsp3) is 0.583. The maximum absolute atomic E-state index is 4.43. The van der Waals surface area contributed by atoms with E-state index in [0.717, 1.165) is 18.1 Å². The van der Waals surface area contributed by atoms with Crippen molar-refractivity contribution in [3.8, 4) is 0 Å². The number of rotatable bonds is 1. The van der Waals surface area contributed by atoms with Gasteiger partial charge in [0.2, 0.25) is 0 Å². The van der Waals surface area contributed by atoms with Crippen molar-refractivity contribution < 1.29 is 0 Å². The number of hydrogen-bond acceptors (Lipinski definition) is 3. The number of nitrogens with one attached hydrogen (secondary N) is 1. The first-order chi connectivity index (χ1) is 7.52. The lowest BCUT2D eigenvalue weighted by atomic mass is 10.4. The van der Waals surface area contributed by atoms with Crippen LogP contribution >= 0.6 is 11.3 Å². The zero-order valence-electron chi connectivity index (χ0n) is 11.0. The predicted octanol–water partition coefficient (Wildman–Crippen LogP) is 2.86. The summed E-state index contributed by atoms with van der Waals surface area (Å²) in [6, 6.07) is 0. The first-order valence-corrected chi connectivity index (χ1v) is 6.40. The Bertz CT molecular complexity index is 466. The van der Waals surface area contributed by atoms with Gasteiger partial charge in [-0.05, 0) is 41.3 Å². The van der Waals surface area contributed by atoms with Crippen molar-refractivity contribution in [2.24, 2.45) is 0 Å². The Balaban J connectivity index is 0.000000280. The third kappa shape index (κ3) is 2.44. The largest absolute Gasteiger partial charge is 0.320 e. The van der Waals surface area contributed by atoms with Gasteiger partial charge in [0.25, 0.3) is 0 Å². The normalized spacial score (nSPS) is 10.4. The lowest BCUT2D eigenvalue weighted by molar-refractivity contribution is 0.864. The van der Waals surface area contributed by atoms with Gasteiger partial charge in [-0.2, -0.15) is 0 Å². The minimum atomic E-state index is 1.07. The molecule has 0 unspecified atom stereocenters. The highest BCUT2D eigenvalue weighted by Crippen LogP contribution is 2.25. The molecule has 0 atom stereocenters. The van der Waals surface area contributed by atoms with Crippen LogP contribution in [-0.2, 0) is 0 Å². The summed E-state index contributed by atoms with van der Waals surface area (Å²) in [4.78, 5) is 7.11. The van der Waals surface area contributed by atoms with E-state index in [4.69, 9.17) is 0 Å². The van der Waals surface area contributed by atoms with Gasteiger partial charge in [-0.25, -0.2) is 4.98 Å². The molecule has 0 aliphatic rings. The predicted molar refractivity (Wildman–Crippen MR) is 71.6 cm³/mol. The van der Waals surface area contributed by atoms with Crippen molar-refractivity contribution in [1.82, 2.24) is 14.7 Å². The van der Waals surface area contributed by atoms with Gasteiger partial charge in [-0.3, -0.25) is 4.40 Å². The molecule has 0 saturated carbocycles. The van der Waals surface area contributed by atoms with Crippen LogP contribution in [0.25, 0.3) is 4.83 Å². The molecule has 4 heteroatoms. The van der Waals surface area contributed by atoms with Crippen molar-refractivity contribution in [2.45, 2.75) is 34.6 Å². The summed E-state index contributed by atoms with van der Waals surface area (Å²) in [5.41, 5.74) is 2.47. The third-order valence-corrected chi connectivity index (χ3v) is 3.89. The number of aromatic nitrogens is 2. The lowest BCUT2D eigenvalue weighted by Gasteiger charge is -1.92. The highest BCUT2D eigenvalue weighted by molar-refractivity contribution is 7.17. The molecular weight excluding hydrogens is 218 g/mol. The van der Waals surface area contributed by atoms with E-state index in [2.05, 4.69) is 49.3 Å². The van der Waals surface area contributed by atoms with Gasteiger partial charge >= 0.3 is 0 Å². The van der Waals surface area contributed by atoms with E-state index in [1.807, 2.05) is 18.4 Å². The molecule has 0 spiro atoms. The van der Waals surface area contributed by atoms with Gasteiger partial charge < -0.3 is 5.32 Å². The monoisotopic (exact) mass is 239 g/mol. The first-order valence-electron chi connectivity index (χ1n) is 5.59. The first kappa shape index (κ1) is 13.2. The van der Waals surface area contributed by atoms with E-state index in [1.54, 1.807) is 0 Å². The number of thiazole rings is 1. The SMILES string of the molecule is CCNC.Cc1sc2c(C)nc(C)n2c1C. The summed E-state index contributed by atoms with van der Waals surface area (Å²) < 4.78 is 2.23. The maximum Gasteiger partial charge on any atom is 0.123 e. The molecule has 2 aromatic rings. The molecule has 16 heavy (non-hydrogen) atoms. The Morgan fingerprint density at radius 1 is 1.25 bits per heavy atom. The number of hydrogen-bond donors (Lipinski definition) is 1. The van der Waals surface area contributed by atoms with Gasteiger partial charge in [0.05, 0.1) is 5.69 Å². The second-order valence-electron chi connectivity index (χ2n) is 3.84. The lowest BCUT2D eigenvalue weighted by Crippen LogP contribution is -2.01. The summed E-state index contributed by atoms with van der Waals surface area (Å²) in [6.07, 6.45) is 0. The fourth-order valence-electron chi connectivity index (χ4n) is 1.54. The van der Waals surface area contributed by atoms with Crippen molar-refractivity contribution in [2.75, 3.05) is 13.6 Å². The van der Waals surface area contributed by atoms with Crippen molar-refractivity contribution in [3.63, 3.8) is 0 Å². The second kappa shape index (κ2) is 5.46. The number of aryl methyl sites for hydroxylation is 4. The molecule has 0 amide bonds. The van der Waals surface area contributed by atoms with Crippen LogP contribution in [-0.4, -0.2) is 23.0 Å². The van der Waals surface area contributed by atoms with Gasteiger partial charge in [0.1, 0.15) is 10.7 Å². The molecule has 2 aromatic heterocycles. The zero-order chi connectivity index (χ0) is 12.3. The van der Waals surface area contributed by atoms with Crippen LogP contribution in [0, 0.1) is 27.7 Å². The minimum absolute atomic E-state index is 1.07. The third-order valence-electron chi connectivity index (χ3n) is 2.61. The molecule has 0 saturated heterocycles.